The van der Waals surface area contributed by atoms with E-state index >= 15 is 0 Å². The monoisotopic (exact) mass is 346 g/mol. The second kappa shape index (κ2) is 8.65. The lowest BCUT2D eigenvalue weighted by molar-refractivity contribution is -0.153. The van der Waals surface area contributed by atoms with Crippen LogP contribution in [0.2, 0.25) is 0 Å². The molecule has 0 spiro atoms. The van der Waals surface area contributed by atoms with Crippen molar-refractivity contribution < 1.29 is 19.5 Å². The van der Waals surface area contributed by atoms with Crippen molar-refractivity contribution in [3.05, 3.63) is 35.9 Å². The Hall–Kier alpha value is -2.37. The molecule has 136 valence electrons. The van der Waals surface area contributed by atoms with Gasteiger partial charge in [-0.25, -0.2) is 4.79 Å². The molecule has 1 saturated heterocycles. The molecule has 25 heavy (non-hydrogen) atoms. The van der Waals surface area contributed by atoms with Crippen LogP contribution in [0.15, 0.2) is 30.3 Å². The number of carbonyl (C=O) groups is 3. The molecule has 1 aromatic rings. The Labute approximate surface area is 148 Å². The second-order valence-electron chi connectivity index (χ2n) is 6.75. The number of carbonyl (C=O) groups excluding carboxylic acids is 2. The fourth-order valence-corrected chi connectivity index (χ4v) is 3.20. The Morgan fingerprint density at radius 2 is 1.92 bits per heavy atom. The highest BCUT2D eigenvalue weighted by atomic mass is 16.4. The van der Waals surface area contributed by atoms with Gasteiger partial charge >= 0.3 is 5.97 Å². The number of rotatable bonds is 6. The molecule has 6 nitrogen and oxygen atoms in total. The Morgan fingerprint density at radius 1 is 1.24 bits per heavy atom. The van der Waals surface area contributed by atoms with Gasteiger partial charge in [0.25, 0.3) is 0 Å². The number of piperidine rings is 1. The summed E-state index contributed by atoms with van der Waals surface area (Å²) in [5, 5.41) is 9.38. The van der Waals surface area contributed by atoms with Crippen molar-refractivity contribution in [3.63, 3.8) is 0 Å². The lowest BCUT2D eigenvalue weighted by Gasteiger charge is -2.36. The van der Waals surface area contributed by atoms with Crippen LogP contribution in [0, 0.1) is 5.92 Å². The van der Waals surface area contributed by atoms with E-state index < -0.39 is 12.0 Å². The third-order valence-electron chi connectivity index (χ3n) is 4.73. The lowest BCUT2D eigenvalue weighted by Crippen LogP contribution is -2.50. The highest BCUT2D eigenvalue weighted by Crippen LogP contribution is 2.23. The first-order chi connectivity index (χ1) is 11.9. The van der Waals surface area contributed by atoms with Crippen molar-refractivity contribution in [2.24, 2.45) is 5.92 Å². The minimum Gasteiger partial charge on any atom is -0.480 e. The van der Waals surface area contributed by atoms with Crippen LogP contribution < -0.4 is 0 Å². The van der Waals surface area contributed by atoms with Gasteiger partial charge in [0.15, 0.2) is 0 Å². The van der Waals surface area contributed by atoms with Crippen LogP contribution in [0.4, 0.5) is 0 Å². The maximum absolute atomic E-state index is 12.5. The molecule has 2 amide bonds. The normalized spacial score (nSPS) is 20.2. The van der Waals surface area contributed by atoms with Gasteiger partial charge in [-0.3, -0.25) is 9.59 Å². The molecular weight excluding hydrogens is 320 g/mol. The zero-order valence-electron chi connectivity index (χ0n) is 14.9. The lowest BCUT2D eigenvalue weighted by atomic mass is 9.92. The molecule has 1 heterocycles. The van der Waals surface area contributed by atoms with Gasteiger partial charge in [-0.05, 0) is 24.3 Å². The average molecular weight is 346 g/mol. The third-order valence-corrected chi connectivity index (χ3v) is 4.73. The maximum atomic E-state index is 12.5. The van der Waals surface area contributed by atoms with Crippen molar-refractivity contribution in [2.45, 2.75) is 45.7 Å². The SMILES string of the molecule is CC(=O)N(CCC(=O)N1CCC(C)CC1C(=O)O)Cc1ccccc1. The zero-order valence-corrected chi connectivity index (χ0v) is 14.9. The second-order valence-corrected chi connectivity index (χ2v) is 6.75. The minimum atomic E-state index is -0.951. The molecule has 0 radical (unpaired) electrons. The van der Waals surface area contributed by atoms with Gasteiger partial charge < -0.3 is 14.9 Å². The summed E-state index contributed by atoms with van der Waals surface area (Å²) in [4.78, 5) is 38.9. The molecule has 1 aliphatic heterocycles. The van der Waals surface area contributed by atoms with Gasteiger partial charge in [0.1, 0.15) is 6.04 Å². The van der Waals surface area contributed by atoms with E-state index in [1.807, 2.05) is 37.3 Å². The van der Waals surface area contributed by atoms with E-state index in [-0.39, 0.29) is 18.2 Å². The number of carboxylic acid groups (broad SMARTS) is 1. The summed E-state index contributed by atoms with van der Waals surface area (Å²) in [6.45, 7) is 4.70. The summed E-state index contributed by atoms with van der Waals surface area (Å²) in [7, 11) is 0. The van der Waals surface area contributed by atoms with E-state index in [9.17, 15) is 19.5 Å². The van der Waals surface area contributed by atoms with E-state index in [4.69, 9.17) is 0 Å². The molecule has 2 unspecified atom stereocenters. The first-order valence-corrected chi connectivity index (χ1v) is 8.70. The van der Waals surface area contributed by atoms with Gasteiger partial charge in [0.2, 0.25) is 11.8 Å². The quantitative estimate of drug-likeness (QED) is 0.856. The smallest absolute Gasteiger partial charge is 0.326 e. The van der Waals surface area contributed by atoms with Crippen LogP contribution >= 0.6 is 0 Å². The molecule has 2 atom stereocenters. The van der Waals surface area contributed by atoms with Crippen molar-refractivity contribution in [1.82, 2.24) is 9.80 Å². The largest absolute Gasteiger partial charge is 0.480 e. The number of amides is 2. The van der Waals surface area contributed by atoms with Crippen LogP contribution in [0.5, 0.6) is 0 Å². The van der Waals surface area contributed by atoms with Gasteiger partial charge in [-0.15, -0.1) is 0 Å². The van der Waals surface area contributed by atoms with E-state index in [0.717, 1.165) is 12.0 Å². The maximum Gasteiger partial charge on any atom is 0.326 e. The van der Waals surface area contributed by atoms with Crippen molar-refractivity contribution in [2.75, 3.05) is 13.1 Å². The van der Waals surface area contributed by atoms with Crippen LogP contribution in [-0.4, -0.2) is 51.8 Å². The number of aliphatic carboxylic acids is 1. The first-order valence-electron chi connectivity index (χ1n) is 8.70. The fraction of sp³-hybridized carbons (Fsp3) is 0.526. The van der Waals surface area contributed by atoms with Gasteiger partial charge in [-0.1, -0.05) is 37.3 Å². The van der Waals surface area contributed by atoms with Gasteiger partial charge in [0, 0.05) is 33.0 Å². The van der Waals surface area contributed by atoms with Crippen LogP contribution in [-0.2, 0) is 20.9 Å². The van der Waals surface area contributed by atoms with Gasteiger partial charge in [0.05, 0.1) is 0 Å². The molecular formula is C19H26N2O4. The number of likely N-dealkylation sites (tertiary alicyclic amines) is 1. The number of hydrogen-bond donors (Lipinski definition) is 1. The first kappa shape index (κ1) is 19.0. The minimum absolute atomic E-state index is 0.0984. The number of nitrogens with zero attached hydrogens (tertiary/aromatic N) is 2. The zero-order chi connectivity index (χ0) is 18.4. The predicted molar refractivity (Wildman–Crippen MR) is 93.7 cm³/mol. The summed E-state index contributed by atoms with van der Waals surface area (Å²) < 4.78 is 0. The topological polar surface area (TPSA) is 77.9 Å². The highest BCUT2D eigenvalue weighted by Gasteiger charge is 2.34. The Kier molecular flexibility index (Phi) is 6.56. The summed E-state index contributed by atoms with van der Waals surface area (Å²) >= 11 is 0. The summed E-state index contributed by atoms with van der Waals surface area (Å²) in [6.07, 6.45) is 1.45. The number of hydrogen-bond acceptors (Lipinski definition) is 3. The van der Waals surface area contributed by atoms with Crippen molar-refractivity contribution >= 4 is 17.8 Å². The van der Waals surface area contributed by atoms with Gasteiger partial charge in [-0.2, -0.15) is 0 Å². The molecule has 0 aliphatic carbocycles. The fourth-order valence-electron chi connectivity index (χ4n) is 3.20. The summed E-state index contributed by atoms with van der Waals surface area (Å²) in [5.41, 5.74) is 1.00. The van der Waals surface area contributed by atoms with Crippen LogP contribution in [0.25, 0.3) is 0 Å². The highest BCUT2D eigenvalue weighted by molar-refractivity contribution is 5.84. The van der Waals surface area contributed by atoms with E-state index in [1.165, 1.54) is 11.8 Å². The van der Waals surface area contributed by atoms with E-state index in [2.05, 4.69) is 0 Å². The predicted octanol–water partition coefficient (Wildman–Crippen LogP) is 2.14. The Morgan fingerprint density at radius 3 is 2.52 bits per heavy atom. The Bertz CT molecular complexity index is 617. The standard InChI is InChI=1S/C19H26N2O4/c1-14-8-11-21(17(12-14)19(24)25)18(23)9-10-20(15(2)22)13-16-6-4-3-5-7-16/h3-7,14,17H,8-13H2,1-2H3,(H,24,25). The van der Waals surface area contributed by atoms with E-state index in [0.29, 0.717) is 32.0 Å². The van der Waals surface area contributed by atoms with E-state index in [1.54, 1.807) is 4.90 Å². The Balaban J connectivity index is 1.96. The molecule has 2 rings (SSSR count). The molecule has 1 N–H and O–H groups in total. The summed E-state index contributed by atoms with van der Waals surface area (Å²) in [5.74, 6) is -0.943. The molecule has 1 aromatic carbocycles. The van der Waals surface area contributed by atoms with Crippen molar-refractivity contribution in [1.29, 1.82) is 0 Å². The number of carboxylic acids is 1. The van der Waals surface area contributed by atoms with Crippen molar-refractivity contribution in [3.8, 4) is 0 Å². The molecule has 1 aliphatic rings. The van der Waals surface area contributed by atoms with Crippen LogP contribution in [0.3, 0.4) is 0 Å². The molecule has 0 saturated carbocycles. The molecule has 0 bridgehead atoms. The van der Waals surface area contributed by atoms with Crippen LogP contribution in [0.1, 0.15) is 38.7 Å². The summed E-state index contributed by atoms with van der Waals surface area (Å²) in [6, 6.07) is 8.84. The molecule has 0 aromatic heterocycles. The molecule has 6 heteroatoms. The third kappa shape index (κ3) is 5.31. The molecule has 1 fully saturated rings. The average Bonchev–Trinajstić information content (AvgIpc) is 2.58. The number of benzene rings is 1.